The van der Waals surface area contributed by atoms with Crippen LogP contribution in [0.2, 0.25) is 10.0 Å². The average Bonchev–Trinajstić information content (AvgIpc) is 2.87. The predicted octanol–water partition coefficient (Wildman–Crippen LogP) is 5.91. The molecule has 102 valence electrons. The average molecular weight is 306 g/mol. The molecule has 1 heterocycles. The molecule has 0 aliphatic rings. The first-order chi connectivity index (χ1) is 9.63. The maximum atomic E-state index is 6.01. The molecule has 3 rings (SSSR count). The van der Waals surface area contributed by atoms with Crippen LogP contribution >= 0.6 is 23.2 Å². The Labute approximate surface area is 127 Å². The fourth-order valence-corrected chi connectivity index (χ4v) is 2.42. The number of hydrogen-bond acceptors (Lipinski definition) is 2. The minimum absolute atomic E-state index is 0.0413. The van der Waals surface area contributed by atoms with Crippen LogP contribution in [0.5, 0.6) is 0 Å². The van der Waals surface area contributed by atoms with E-state index in [2.05, 4.69) is 5.32 Å². The van der Waals surface area contributed by atoms with Crippen LogP contribution < -0.4 is 5.32 Å². The normalized spacial score (nSPS) is 12.6. The van der Waals surface area contributed by atoms with Crippen LogP contribution in [-0.2, 0) is 0 Å². The second-order valence-corrected chi connectivity index (χ2v) is 5.50. The highest BCUT2D eigenvalue weighted by molar-refractivity contribution is 6.42. The minimum Gasteiger partial charge on any atom is -0.459 e. The third kappa shape index (κ3) is 2.62. The van der Waals surface area contributed by atoms with E-state index in [0.717, 1.165) is 22.4 Å². The fourth-order valence-electron chi connectivity index (χ4n) is 2.12. The highest BCUT2D eigenvalue weighted by Crippen LogP contribution is 2.29. The number of hydrogen-bond donors (Lipinski definition) is 1. The molecule has 0 radical (unpaired) electrons. The van der Waals surface area contributed by atoms with Gasteiger partial charge >= 0.3 is 0 Å². The number of rotatable bonds is 3. The molecule has 4 heteroatoms. The Morgan fingerprint density at radius 3 is 2.55 bits per heavy atom. The van der Waals surface area contributed by atoms with Crippen molar-refractivity contribution in [2.75, 3.05) is 5.32 Å². The molecule has 0 aliphatic heterocycles. The number of benzene rings is 2. The standard InChI is InChI=1S/C16H13Cl2NO/c1-10(19-12-6-7-13(17)14(18)9-12)16-8-11-4-2-3-5-15(11)20-16/h2-10,19H,1H3. The maximum Gasteiger partial charge on any atom is 0.134 e. The summed E-state index contributed by atoms with van der Waals surface area (Å²) >= 11 is 11.9. The van der Waals surface area contributed by atoms with Crippen molar-refractivity contribution in [2.24, 2.45) is 0 Å². The monoisotopic (exact) mass is 305 g/mol. The lowest BCUT2D eigenvalue weighted by Crippen LogP contribution is -2.05. The zero-order chi connectivity index (χ0) is 14.1. The summed E-state index contributed by atoms with van der Waals surface area (Å²) in [5.74, 6) is 0.886. The van der Waals surface area contributed by atoms with Crippen LogP contribution in [0.1, 0.15) is 18.7 Å². The topological polar surface area (TPSA) is 25.2 Å². The van der Waals surface area contributed by atoms with Gasteiger partial charge in [-0.25, -0.2) is 0 Å². The number of halogens is 2. The van der Waals surface area contributed by atoms with Gasteiger partial charge in [0.1, 0.15) is 11.3 Å². The third-order valence-electron chi connectivity index (χ3n) is 3.17. The van der Waals surface area contributed by atoms with Gasteiger partial charge < -0.3 is 9.73 Å². The molecule has 3 aromatic rings. The van der Waals surface area contributed by atoms with Crippen molar-refractivity contribution in [1.29, 1.82) is 0 Å². The molecule has 1 N–H and O–H groups in total. The molecule has 2 aromatic carbocycles. The molecule has 0 amide bonds. The summed E-state index contributed by atoms with van der Waals surface area (Å²) in [6.07, 6.45) is 0. The summed E-state index contributed by atoms with van der Waals surface area (Å²) in [7, 11) is 0. The van der Waals surface area contributed by atoms with Gasteiger partial charge in [-0.05, 0) is 37.3 Å². The summed E-state index contributed by atoms with van der Waals surface area (Å²) in [5.41, 5.74) is 1.80. The molecule has 1 aromatic heterocycles. The van der Waals surface area contributed by atoms with Gasteiger partial charge in [0, 0.05) is 11.1 Å². The van der Waals surface area contributed by atoms with Gasteiger partial charge in [-0.15, -0.1) is 0 Å². The van der Waals surface area contributed by atoms with E-state index in [1.165, 1.54) is 0 Å². The zero-order valence-electron chi connectivity index (χ0n) is 10.9. The number of para-hydroxylation sites is 1. The summed E-state index contributed by atoms with van der Waals surface area (Å²) in [5, 5.41) is 5.54. The number of furan rings is 1. The quantitative estimate of drug-likeness (QED) is 0.650. The predicted molar refractivity (Wildman–Crippen MR) is 84.7 cm³/mol. The lowest BCUT2D eigenvalue weighted by molar-refractivity contribution is 0.526. The molecule has 2 nitrogen and oxygen atoms in total. The van der Waals surface area contributed by atoms with E-state index in [9.17, 15) is 0 Å². The van der Waals surface area contributed by atoms with Crippen LogP contribution in [0.25, 0.3) is 11.0 Å². The van der Waals surface area contributed by atoms with E-state index in [0.29, 0.717) is 10.0 Å². The van der Waals surface area contributed by atoms with Crippen LogP contribution in [0.15, 0.2) is 52.9 Å². The minimum atomic E-state index is 0.0413. The van der Waals surface area contributed by atoms with Gasteiger partial charge in [0.15, 0.2) is 0 Å². The fraction of sp³-hybridized carbons (Fsp3) is 0.125. The third-order valence-corrected chi connectivity index (χ3v) is 3.91. The Morgan fingerprint density at radius 1 is 1.00 bits per heavy atom. The Morgan fingerprint density at radius 2 is 1.80 bits per heavy atom. The summed E-state index contributed by atoms with van der Waals surface area (Å²) in [6, 6.07) is 15.5. The van der Waals surface area contributed by atoms with E-state index < -0.39 is 0 Å². The van der Waals surface area contributed by atoms with Crippen molar-refractivity contribution in [3.63, 3.8) is 0 Å². The molecule has 1 atom stereocenters. The van der Waals surface area contributed by atoms with Crippen LogP contribution in [-0.4, -0.2) is 0 Å². The van der Waals surface area contributed by atoms with Crippen LogP contribution in [0.3, 0.4) is 0 Å². The van der Waals surface area contributed by atoms with Gasteiger partial charge in [-0.3, -0.25) is 0 Å². The van der Waals surface area contributed by atoms with E-state index in [4.69, 9.17) is 27.6 Å². The highest BCUT2D eigenvalue weighted by atomic mass is 35.5. The molecular formula is C16H13Cl2NO. The van der Waals surface area contributed by atoms with E-state index in [1.54, 1.807) is 6.07 Å². The van der Waals surface area contributed by atoms with Crippen molar-refractivity contribution in [2.45, 2.75) is 13.0 Å². The molecule has 0 saturated heterocycles. The second kappa shape index (κ2) is 5.39. The molecule has 0 spiro atoms. The van der Waals surface area contributed by atoms with Gasteiger partial charge in [0.2, 0.25) is 0 Å². The first-order valence-electron chi connectivity index (χ1n) is 6.33. The summed E-state index contributed by atoms with van der Waals surface area (Å²) < 4.78 is 5.83. The largest absolute Gasteiger partial charge is 0.459 e. The number of fused-ring (bicyclic) bond motifs is 1. The van der Waals surface area contributed by atoms with Crippen molar-refractivity contribution in [3.8, 4) is 0 Å². The number of nitrogens with one attached hydrogen (secondary N) is 1. The molecule has 20 heavy (non-hydrogen) atoms. The molecular weight excluding hydrogens is 293 g/mol. The highest BCUT2D eigenvalue weighted by Gasteiger charge is 2.11. The van der Waals surface area contributed by atoms with Crippen molar-refractivity contribution >= 4 is 39.9 Å². The lowest BCUT2D eigenvalue weighted by atomic mass is 10.2. The lowest BCUT2D eigenvalue weighted by Gasteiger charge is -2.13. The first-order valence-corrected chi connectivity index (χ1v) is 7.09. The smallest absolute Gasteiger partial charge is 0.134 e. The first kappa shape index (κ1) is 13.3. The van der Waals surface area contributed by atoms with E-state index in [-0.39, 0.29) is 6.04 Å². The van der Waals surface area contributed by atoms with Crippen molar-refractivity contribution in [1.82, 2.24) is 0 Å². The molecule has 0 saturated carbocycles. The number of anilines is 1. The Kier molecular flexibility index (Phi) is 3.60. The van der Waals surface area contributed by atoms with Gasteiger partial charge in [0.25, 0.3) is 0 Å². The van der Waals surface area contributed by atoms with Gasteiger partial charge in [0.05, 0.1) is 16.1 Å². The summed E-state index contributed by atoms with van der Waals surface area (Å²) in [6.45, 7) is 2.04. The SMILES string of the molecule is CC(Nc1ccc(Cl)c(Cl)c1)c1cc2ccccc2o1. The van der Waals surface area contributed by atoms with E-state index in [1.807, 2.05) is 49.4 Å². The Bertz CT molecular complexity index is 718. The Hall–Kier alpha value is -1.64. The van der Waals surface area contributed by atoms with Crippen LogP contribution in [0.4, 0.5) is 5.69 Å². The molecule has 0 fully saturated rings. The van der Waals surface area contributed by atoms with Crippen molar-refractivity contribution in [3.05, 3.63) is 64.3 Å². The molecule has 0 bridgehead atoms. The molecule has 1 unspecified atom stereocenters. The zero-order valence-corrected chi connectivity index (χ0v) is 12.4. The summed E-state index contributed by atoms with van der Waals surface area (Å²) in [4.78, 5) is 0. The van der Waals surface area contributed by atoms with Crippen LogP contribution in [0, 0.1) is 0 Å². The molecule has 0 aliphatic carbocycles. The Balaban J connectivity index is 1.84. The maximum absolute atomic E-state index is 6.01. The van der Waals surface area contributed by atoms with Gasteiger partial charge in [-0.2, -0.15) is 0 Å². The van der Waals surface area contributed by atoms with E-state index >= 15 is 0 Å². The van der Waals surface area contributed by atoms with Gasteiger partial charge in [-0.1, -0.05) is 41.4 Å². The second-order valence-electron chi connectivity index (χ2n) is 4.68. The van der Waals surface area contributed by atoms with Crippen molar-refractivity contribution < 1.29 is 4.42 Å².